The molecule has 1 atom stereocenters. The average Bonchev–Trinajstić information content (AvgIpc) is 2.38. The fourth-order valence-electron chi connectivity index (χ4n) is 1.93. The van der Waals surface area contributed by atoms with E-state index in [2.05, 4.69) is 19.1 Å². The van der Waals surface area contributed by atoms with Gasteiger partial charge in [-0.2, -0.15) is 0 Å². The van der Waals surface area contributed by atoms with Crippen LogP contribution in [0.3, 0.4) is 0 Å². The van der Waals surface area contributed by atoms with Gasteiger partial charge in [0, 0.05) is 16.6 Å². The zero-order chi connectivity index (χ0) is 13.8. The van der Waals surface area contributed by atoms with Crippen molar-refractivity contribution in [3.05, 3.63) is 64.2 Å². The molecule has 0 bridgehead atoms. The maximum absolute atomic E-state index is 5.99. The van der Waals surface area contributed by atoms with Gasteiger partial charge in [-0.25, -0.2) is 0 Å². The molecule has 19 heavy (non-hydrogen) atoms. The number of hydrogen-bond donors (Lipinski definition) is 1. The summed E-state index contributed by atoms with van der Waals surface area (Å²) >= 11 is 5.99. The van der Waals surface area contributed by atoms with Crippen molar-refractivity contribution in [2.24, 2.45) is 5.73 Å². The van der Waals surface area contributed by atoms with Gasteiger partial charge in [0.2, 0.25) is 0 Å². The molecule has 0 aliphatic carbocycles. The minimum absolute atomic E-state index is 0.106. The summed E-state index contributed by atoms with van der Waals surface area (Å²) in [5.74, 6) is 0.794. The molecule has 0 aromatic heterocycles. The van der Waals surface area contributed by atoms with Crippen LogP contribution in [0, 0.1) is 6.92 Å². The van der Waals surface area contributed by atoms with E-state index in [1.54, 1.807) is 0 Å². The molecule has 0 fully saturated rings. The van der Waals surface area contributed by atoms with Crippen molar-refractivity contribution < 1.29 is 4.74 Å². The van der Waals surface area contributed by atoms with Crippen molar-refractivity contribution in [2.75, 3.05) is 0 Å². The highest BCUT2D eigenvalue weighted by atomic mass is 35.5. The molecule has 0 saturated carbocycles. The molecule has 0 unspecified atom stereocenters. The molecule has 0 amide bonds. The summed E-state index contributed by atoms with van der Waals surface area (Å²) in [6, 6.07) is 13.6. The lowest BCUT2D eigenvalue weighted by Gasteiger charge is -2.15. The monoisotopic (exact) mass is 275 g/mol. The molecule has 0 aliphatic rings. The van der Waals surface area contributed by atoms with Gasteiger partial charge in [0.25, 0.3) is 0 Å². The second-order valence-electron chi connectivity index (χ2n) is 4.69. The predicted molar refractivity (Wildman–Crippen MR) is 79.6 cm³/mol. The molecule has 2 N–H and O–H groups in total. The van der Waals surface area contributed by atoms with Gasteiger partial charge in [-0.05, 0) is 43.2 Å². The van der Waals surface area contributed by atoms with Gasteiger partial charge in [-0.1, -0.05) is 35.9 Å². The first-order valence-corrected chi connectivity index (χ1v) is 6.68. The van der Waals surface area contributed by atoms with Gasteiger partial charge < -0.3 is 10.5 Å². The fourth-order valence-corrected chi connectivity index (χ4v) is 2.11. The van der Waals surface area contributed by atoms with Crippen LogP contribution >= 0.6 is 11.6 Å². The maximum atomic E-state index is 5.99. The second-order valence-corrected chi connectivity index (χ2v) is 5.12. The van der Waals surface area contributed by atoms with Crippen LogP contribution < -0.4 is 10.5 Å². The molecule has 3 heteroatoms. The Morgan fingerprint density at radius 2 is 1.95 bits per heavy atom. The third kappa shape index (κ3) is 3.49. The van der Waals surface area contributed by atoms with Crippen LogP contribution in [0.1, 0.15) is 29.7 Å². The third-order valence-electron chi connectivity index (χ3n) is 3.11. The lowest BCUT2D eigenvalue weighted by molar-refractivity contribution is 0.301. The Morgan fingerprint density at radius 1 is 1.21 bits per heavy atom. The van der Waals surface area contributed by atoms with Gasteiger partial charge in [-0.15, -0.1) is 0 Å². The SMILES string of the molecule is Cc1ccccc1COc1ccc(Cl)cc1[C@H](C)N. The van der Waals surface area contributed by atoms with E-state index in [-0.39, 0.29) is 6.04 Å². The van der Waals surface area contributed by atoms with Gasteiger partial charge in [0.15, 0.2) is 0 Å². The summed E-state index contributed by atoms with van der Waals surface area (Å²) in [6.45, 7) is 4.54. The maximum Gasteiger partial charge on any atom is 0.124 e. The van der Waals surface area contributed by atoms with E-state index in [9.17, 15) is 0 Å². The molecule has 0 saturated heterocycles. The van der Waals surface area contributed by atoms with Gasteiger partial charge >= 0.3 is 0 Å². The molecule has 2 nitrogen and oxygen atoms in total. The van der Waals surface area contributed by atoms with Crippen LogP contribution in [-0.2, 0) is 6.61 Å². The number of hydrogen-bond acceptors (Lipinski definition) is 2. The van der Waals surface area contributed by atoms with Crippen LogP contribution in [0.2, 0.25) is 5.02 Å². The molecule has 2 aromatic carbocycles. The Morgan fingerprint density at radius 3 is 2.63 bits per heavy atom. The zero-order valence-corrected chi connectivity index (χ0v) is 11.9. The van der Waals surface area contributed by atoms with E-state index in [0.717, 1.165) is 11.3 Å². The number of aryl methyl sites for hydroxylation is 1. The van der Waals surface area contributed by atoms with Crippen molar-refractivity contribution >= 4 is 11.6 Å². The Labute approximate surface area is 119 Å². The normalized spacial score (nSPS) is 12.2. The molecule has 0 aliphatic heterocycles. The molecule has 0 radical (unpaired) electrons. The zero-order valence-electron chi connectivity index (χ0n) is 11.2. The summed E-state index contributed by atoms with van der Waals surface area (Å²) in [4.78, 5) is 0. The minimum Gasteiger partial charge on any atom is -0.489 e. The number of nitrogens with two attached hydrogens (primary N) is 1. The molecule has 100 valence electrons. The number of halogens is 1. The quantitative estimate of drug-likeness (QED) is 0.905. The van der Waals surface area contributed by atoms with E-state index in [1.807, 2.05) is 37.3 Å². The second kappa shape index (κ2) is 6.09. The van der Waals surface area contributed by atoms with E-state index in [0.29, 0.717) is 11.6 Å². The molecule has 2 aromatic rings. The summed E-state index contributed by atoms with van der Waals surface area (Å²) < 4.78 is 5.88. The fraction of sp³-hybridized carbons (Fsp3) is 0.250. The van der Waals surface area contributed by atoms with Gasteiger partial charge in [0.05, 0.1) is 0 Å². The van der Waals surface area contributed by atoms with E-state index >= 15 is 0 Å². The first-order valence-electron chi connectivity index (χ1n) is 6.30. The Bertz CT molecular complexity index is 566. The topological polar surface area (TPSA) is 35.2 Å². The summed E-state index contributed by atoms with van der Waals surface area (Å²) in [5.41, 5.74) is 9.27. The highest BCUT2D eigenvalue weighted by molar-refractivity contribution is 6.30. The Kier molecular flexibility index (Phi) is 4.46. The Hall–Kier alpha value is -1.51. The highest BCUT2D eigenvalue weighted by Gasteiger charge is 2.09. The first-order chi connectivity index (χ1) is 9.08. The summed E-state index contributed by atoms with van der Waals surface area (Å²) in [5, 5.41) is 0.676. The summed E-state index contributed by atoms with van der Waals surface area (Å²) in [7, 11) is 0. The first kappa shape index (κ1) is 13.9. The largest absolute Gasteiger partial charge is 0.489 e. The molecule has 2 rings (SSSR count). The Balaban J connectivity index is 2.18. The van der Waals surface area contributed by atoms with Crippen LogP contribution in [0.4, 0.5) is 0 Å². The molecular weight excluding hydrogens is 258 g/mol. The lowest BCUT2D eigenvalue weighted by atomic mass is 10.1. The highest BCUT2D eigenvalue weighted by Crippen LogP contribution is 2.28. The van der Waals surface area contributed by atoms with E-state index in [4.69, 9.17) is 22.1 Å². The van der Waals surface area contributed by atoms with E-state index in [1.165, 1.54) is 11.1 Å². The van der Waals surface area contributed by atoms with Crippen molar-refractivity contribution in [1.29, 1.82) is 0 Å². The van der Waals surface area contributed by atoms with Crippen molar-refractivity contribution in [1.82, 2.24) is 0 Å². The van der Waals surface area contributed by atoms with Crippen molar-refractivity contribution in [3.63, 3.8) is 0 Å². The van der Waals surface area contributed by atoms with Crippen LogP contribution in [0.25, 0.3) is 0 Å². The average molecular weight is 276 g/mol. The molecule has 0 heterocycles. The van der Waals surface area contributed by atoms with Crippen LogP contribution in [0.5, 0.6) is 5.75 Å². The summed E-state index contributed by atoms with van der Waals surface area (Å²) in [6.07, 6.45) is 0. The number of benzene rings is 2. The third-order valence-corrected chi connectivity index (χ3v) is 3.34. The standard InChI is InChI=1S/C16H18ClNO/c1-11-5-3-4-6-13(11)10-19-16-8-7-14(17)9-15(16)12(2)18/h3-9,12H,10,18H2,1-2H3/t12-/m0/s1. The smallest absolute Gasteiger partial charge is 0.124 e. The van der Waals surface area contributed by atoms with E-state index < -0.39 is 0 Å². The number of rotatable bonds is 4. The van der Waals surface area contributed by atoms with Crippen molar-refractivity contribution in [2.45, 2.75) is 26.5 Å². The molecule has 0 spiro atoms. The van der Waals surface area contributed by atoms with Crippen LogP contribution in [0.15, 0.2) is 42.5 Å². The minimum atomic E-state index is -0.106. The predicted octanol–water partition coefficient (Wildman–Crippen LogP) is 4.25. The van der Waals surface area contributed by atoms with Gasteiger partial charge in [-0.3, -0.25) is 0 Å². The van der Waals surface area contributed by atoms with Crippen molar-refractivity contribution in [3.8, 4) is 5.75 Å². The molecular formula is C16H18ClNO. The lowest BCUT2D eigenvalue weighted by Crippen LogP contribution is -2.08. The number of ether oxygens (including phenoxy) is 1. The van der Waals surface area contributed by atoms with Crippen LogP contribution in [-0.4, -0.2) is 0 Å². The van der Waals surface area contributed by atoms with Gasteiger partial charge in [0.1, 0.15) is 12.4 Å².